The van der Waals surface area contributed by atoms with Crippen molar-refractivity contribution in [3.8, 4) is 0 Å². The number of aromatic nitrogens is 1. The number of anilines is 1. The van der Waals surface area contributed by atoms with Gasteiger partial charge in [0.1, 0.15) is 0 Å². The van der Waals surface area contributed by atoms with Gasteiger partial charge in [-0.1, -0.05) is 17.8 Å². The maximum atomic E-state index is 6.01. The lowest BCUT2D eigenvalue weighted by Crippen LogP contribution is -1.90. The average molecular weight is 280 g/mol. The van der Waals surface area contributed by atoms with Gasteiger partial charge in [-0.3, -0.25) is 4.98 Å². The second-order valence-corrected chi connectivity index (χ2v) is 6.02. The minimum absolute atomic E-state index is 0.775. The first-order valence-corrected chi connectivity index (χ1v) is 7.35. The number of fused-ring (bicyclic) bond motifs is 1. The van der Waals surface area contributed by atoms with Gasteiger partial charge in [0, 0.05) is 27.1 Å². The van der Waals surface area contributed by atoms with Crippen molar-refractivity contribution in [1.29, 1.82) is 0 Å². The monoisotopic (exact) mass is 280 g/mol. The van der Waals surface area contributed by atoms with Crippen LogP contribution < -0.4 is 5.73 Å². The van der Waals surface area contributed by atoms with E-state index in [4.69, 9.17) is 5.73 Å². The predicted octanol–water partition coefficient (Wildman–Crippen LogP) is 4.59. The molecule has 0 bridgehead atoms. The van der Waals surface area contributed by atoms with Crippen molar-refractivity contribution in [2.75, 3.05) is 5.73 Å². The summed E-state index contributed by atoms with van der Waals surface area (Å²) in [4.78, 5) is 6.84. The molecule has 0 saturated carbocycles. The fourth-order valence-corrected chi connectivity index (χ4v) is 3.18. The van der Waals surface area contributed by atoms with Crippen molar-refractivity contribution in [2.45, 2.75) is 23.6 Å². The number of nitrogen functional groups attached to an aromatic ring is 1. The van der Waals surface area contributed by atoms with Crippen LogP contribution in [0.25, 0.3) is 10.9 Å². The molecule has 1 aromatic heterocycles. The van der Waals surface area contributed by atoms with Crippen LogP contribution >= 0.6 is 11.8 Å². The lowest BCUT2D eigenvalue weighted by molar-refractivity contribution is 1.27. The largest absolute Gasteiger partial charge is 0.398 e. The van der Waals surface area contributed by atoms with Gasteiger partial charge in [-0.2, -0.15) is 0 Å². The van der Waals surface area contributed by atoms with E-state index >= 15 is 0 Å². The minimum atomic E-state index is 0.775. The topological polar surface area (TPSA) is 38.9 Å². The highest BCUT2D eigenvalue weighted by Crippen LogP contribution is 2.35. The maximum Gasteiger partial charge on any atom is 0.0861 e. The van der Waals surface area contributed by atoms with Crippen molar-refractivity contribution >= 4 is 28.4 Å². The van der Waals surface area contributed by atoms with Crippen molar-refractivity contribution in [3.63, 3.8) is 0 Å². The van der Waals surface area contributed by atoms with Gasteiger partial charge in [0.2, 0.25) is 0 Å². The Kier molecular flexibility index (Phi) is 3.36. The molecule has 2 N–H and O–H groups in total. The van der Waals surface area contributed by atoms with Crippen LogP contribution in [0, 0.1) is 13.8 Å². The molecule has 2 nitrogen and oxygen atoms in total. The van der Waals surface area contributed by atoms with Crippen molar-refractivity contribution in [2.24, 2.45) is 0 Å². The Balaban J connectivity index is 2.06. The molecule has 0 saturated heterocycles. The zero-order valence-corrected chi connectivity index (χ0v) is 12.4. The van der Waals surface area contributed by atoms with Crippen molar-refractivity contribution in [1.82, 2.24) is 4.98 Å². The van der Waals surface area contributed by atoms with Crippen LogP contribution in [0.2, 0.25) is 0 Å². The summed E-state index contributed by atoms with van der Waals surface area (Å²) >= 11 is 1.73. The Labute approximate surface area is 123 Å². The van der Waals surface area contributed by atoms with Gasteiger partial charge >= 0.3 is 0 Å². The number of benzene rings is 2. The third-order valence-electron chi connectivity index (χ3n) is 3.47. The second kappa shape index (κ2) is 5.17. The van der Waals surface area contributed by atoms with Gasteiger partial charge in [0.15, 0.2) is 0 Å². The molecule has 1 heterocycles. The molecule has 0 spiro atoms. The van der Waals surface area contributed by atoms with Gasteiger partial charge in [0.05, 0.1) is 5.52 Å². The molecule has 2 aromatic carbocycles. The van der Waals surface area contributed by atoms with Gasteiger partial charge in [0.25, 0.3) is 0 Å². The number of nitrogens with zero attached hydrogens (tertiary/aromatic N) is 1. The molecule has 0 amide bonds. The SMILES string of the molecule is Cc1ccc(Sc2ccc(N)c3cccnc23)cc1C. The zero-order chi connectivity index (χ0) is 14.1. The smallest absolute Gasteiger partial charge is 0.0861 e. The van der Waals surface area contributed by atoms with E-state index < -0.39 is 0 Å². The summed E-state index contributed by atoms with van der Waals surface area (Å²) < 4.78 is 0. The standard InChI is InChI=1S/C17H16N2S/c1-11-5-6-13(10-12(11)2)20-16-8-7-15(18)14-4-3-9-19-17(14)16/h3-10H,18H2,1-2H3. The average Bonchev–Trinajstić information content (AvgIpc) is 2.46. The van der Waals surface area contributed by atoms with Crippen LogP contribution in [0.1, 0.15) is 11.1 Å². The lowest BCUT2D eigenvalue weighted by Gasteiger charge is -2.09. The Hall–Kier alpha value is -2.00. The van der Waals surface area contributed by atoms with E-state index in [-0.39, 0.29) is 0 Å². The van der Waals surface area contributed by atoms with E-state index in [9.17, 15) is 0 Å². The van der Waals surface area contributed by atoms with Crippen LogP contribution in [0.5, 0.6) is 0 Å². The highest BCUT2D eigenvalue weighted by atomic mass is 32.2. The third-order valence-corrected chi connectivity index (χ3v) is 4.51. The Bertz CT molecular complexity index is 781. The molecule has 0 unspecified atom stereocenters. The van der Waals surface area contributed by atoms with Crippen LogP contribution in [0.4, 0.5) is 5.69 Å². The second-order valence-electron chi connectivity index (χ2n) is 4.90. The highest BCUT2D eigenvalue weighted by Gasteiger charge is 2.07. The first kappa shape index (κ1) is 13.0. The fraction of sp³-hybridized carbons (Fsp3) is 0.118. The summed E-state index contributed by atoms with van der Waals surface area (Å²) in [6.45, 7) is 4.27. The molecule has 0 radical (unpaired) electrons. The van der Waals surface area contributed by atoms with Gasteiger partial charge in [-0.05, 0) is 61.4 Å². The van der Waals surface area contributed by atoms with Crippen LogP contribution in [-0.4, -0.2) is 4.98 Å². The van der Waals surface area contributed by atoms with E-state index in [1.165, 1.54) is 16.0 Å². The van der Waals surface area contributed by atoms with Gasteiger partial charge < -0.3 is 5.73 Å². The number of hydrogen-bond donors (Lipinski definition) is 1. The normalized spacial score (nSPS) is 10.9. The predicted molar refractivity (Wildman–Crippen MR) is 86.2 cm³/mol. The molecule has 20 heavy (non-hydrogen) atoms. The van der Waals surface area contributed by atoms with Crippen molar-refractivity contribution in [3.05, 3.63) is 59.8 Å². The Morgan fingerprint density at radius 3 is 2.65 bits per heavy atom. The first-order valence-electron chi connectivity index (χ1n) is 6.53. The molecule has 0 fully saturated rings. The number of aryl methyl sites for hydroxylation is 2. The Morgan fingerprint density at radius 1 is 1.00 bits per heavy atom. The highest BCUT2D eigenvalue weighted by molar-refractivity contribution is 7.99. The molecular formula is C17H16N2S. The quantitative estimate of drug-likeness (QED) is 0.698. The summed E-state index contributed by atoms with van der Waals surface area (Å²) in [7, 11) is 0. The van der Waals surface area contributed by atoms with E-state index in [2.05, 4.69) is 37.0 Å². The summed E-state index contributed by atoms with van der Waals surface area (Å²) in [5.74, 6) is 0. The molecular weight excluding hydrogens is 264 g/mol. The van der Waals surface area contributed by atoms with E-state index in [0.717, 1.165) is 21.5 Å². The van der Waals surface area contributed by atoms with Crippen LogP contribution in [0.3, 0.4) is 0 Å². The molecule has 3 heteroatoms. The molecule has 0 aliphatic carbocycles. The van der Waals surface area contributed by atoms with Gasteiger partial charge in [-0.25, -0.2) is 0 Å². The first-order chi connectivity index (χ1) is 9.65. The van der Waals surface area contributed by atoms with Crippen LogP contribution in [-0.2, 0) is 0 Å². The lowest BCUT2D eigenvalue weighted by atomic mass is 10.1. The number of pyridine rings is 1. The number of nitrogens with two attached hydrogens (primary N) is 1. The number of hydrogen-bond acceptors (Lipinski definition) is 3. The number of rotatable bonds is 2. The molecule has 100 valence electrons. The third kappa shape index (κ3) is 2.37. The van der Waals surface area contributed by atoms with Gasteiger partial charge in [-0.15, -0.1) is 0 Å². The molecule has 3 aromatic rings. The minimum Gasteiger partial charge on any atom is -0.398 e. The molecule has 0 atom stereocenters. The summed E-state index contributed by atoms with van der Waals surface area (Å²) in [6, 6.07) is 14.5. The van der Waals surface area contributed by atoms with E-state index in [1.807, 2.05) is 30.5 Å². The molecule has 3 rings (SSSR count). The van der Waals surface area contributed by atoms with E-state index in [0.29, 0.717) is 0 Å². The van der Waals surface area contributed by atoms with Crippen molar-refractivity contribution < 1.29 is 0 Å². The molecule has 0 aliphatic heterocycles. The van der Waals surface area contributed by atoms with E-state index in [1.54, 1.807) is 11.8 Å². The zero-order valence-electron chi connectivity index (χ0n) is 11.6. The Morgan fingerprint density at radius 2 is 1.85 bits per heavy atom. The summed E-state index contributed by atoms with van der Waals surface area (Å²) in [5.41, 5.74) is 10.4. The molecule has 0 aliphatic rings. The summed E-state index contributed by atoms with van der Waals surface area (Å²) in [5, 5.41) is 1.02. The maximum absolute atomic E-state index is 6.01. The van der Waals surface area contributed by atoms with Crippen LogP contribution in [0.15, 0.2) is 58.5 Å². The summed E-state index contributed by atoms with van der Waals surface area (Å²) in [6.07, 6.45) is 1.81. The fourth-order valence-electron chi connectivity index (χ4n) is 2.16.